The highest BCUT2D eigenvalue weighted by Gasteiger charge is 2.33. The predicted octanol–water partition coefficient (Wildman–Crippen LogP) is 4.52. The Balaban J connectivity index is 1.40. The first-order chi connectivity index (χ1) is 12.7. The third-order valence-electron chi connectivity index (χ3n) is 5.75. The van der Waals surface area contributed by atoms with E-state index in [2.05, 4.69) is 75.5 Å². The van der Waals surface area contributed by atoms with Gasteiger partial charge in [-0.3, -0.25) is 0 Å². The van der Waals surface area contributed by atoms with Crippen molar-refractivity contribution in [1.82, 2.24) is 10.2 Å². The number of hydrogen-bond acceptors (Lipinski definition) is 3. The third kappa shape index (κ3) is 4.30. The molecule has 138 valence electrons. The maximum atomic E-state index is 6.15. The van der Waals surface area contributed by atoms with Crippen LogP contribution in [0.5, 0.6) is 5.75 Å². The van der Waals surface area contributed by atoms with Crippen LogP contribution < -0.4 is 10.1 Å². The molecular formula is C22H27BrN2O. The van der Waals surface area contributed by atoms with Gasteiger partial charge < -0.3 is 15.0 Å². The van der Waals surface area contributed by atoms with Crippen LogP contribution in [0.2, 0.25) is 0 Å². The first-order valence-corrected chi connectivity index (χ1v) is 10.4. The molecule has 0 amide bonds. The number of nitrogens with zero attached hydrogens (tertiary/aromatic N) is 1. The Morgan fingerprint density at radius 2 is 1.88 bits per heavy atom. The molecule has 5 rings (SSSR count). The normalized spacial score (nSPS) is 24.6. The minimum Gasteiger partial charge on any atom is -0.489 e. The van der Waals surface area contributed by atoms with E-state index in [1.54, 1.807) is 0 Å². The first-order valence-electron chi connectivity index (χ1n) is 9.60. The van der Waals surface area contributed by atoms with Crippen molar-refractivity contribution in [2.24, 2.45) is 5.92 Å². The standard InChI is InChI=1S/C22H27BrN2O/c1-16-2-4-17(5-3-16)15-26-22-7-6-20(23)12-19(22)13-24-21-14-25-10-8-18(21)9-11-25/h2-7,12,18,21,24H,8-11,13-15H2,1H3. The Hall–Kier alpha value is -1.36. The summed E-state index contributed by atoms with van der Waals surface area (Å²) < 4.78 is 7.25. The average molecular weight is 415 g/mol. The van der Waals surface area contributed by atoms with Crippen molar-refractivity contribution in [2.75, 3.05) is 19.6 Å². The number of hydrogen-bond donors (Lipinski definition) is 1. The largest absolute Gasteiger partial charge is 0.489 e. The molecule has 3 heterocycles. The van der Waals surface area contributed by atoms with Crippen LogP contribution in [0.25, 0.3) is 0 Å². The van der Waals surface area contributed by atoms with E-state index in [0.29, 0.717) is 12.6 Å². The number of nitrogens with one attached hydrogen (secondary N) is 1. The molecule has 3 nitrogen and oxygen atoms in total. The summed E-state index contributed by atoms with van der Waals surface area (Å²) in [7, 11) is 0. The highest BCUT2D eigenvalue weighted by atomic mass is 79.9. The van der Waals surface area contributed by atoms with Crippen LogP contribution in [0.15, 0.2) is 46.9 Å². The molecule has 3 aliphatic heterocycles. The molecule has 1 atom stereocenters. The van der Waals surface area contributed by atoms with E-state index in [1.165, 1.54) is 49.2 Å². The molecule has 2 bridgehead atoms. The van der Waals surface area contributed by atoms with Crippen molar-refractivity contribution in [3.05, 3.63) is 63.6 Å². The lowest BCUT2D eigenvalue weighted by atomic mass is 9.84. The smallest absolute Gasteiger partial charge is 0.124 e. The SMILES string of the molecule is Cc1ccc(COc2ccc(Br)cc2CNC2CN3CCC2CC3)cc1. The molecule has 26 heavy (non-hydrogen) atoms. The lowest BCUT2D eigenvalue weighted by Crippen LogP contribution is -2.55. The Bertz CT molecular complexity index is 738. The summed E-state index contributed by atoms with van der Waals surface area (Å²) in [4.78, 5) is 2.59. The van der Waals surface area contributed by atoms with Gasteiger partial charge in [0.15, 0.2) is 0 Å². The average Bonchev–Trinajstić information content (AvgIpc) is 2.68. The molecule has 3 saturated heterocycles. The van der Waals surface area contributed by atoms with Crippen LogP contribution in [-0.4, -0.2) is 30.6 Å². The number of benzene rings is 2. The van der Waals surface area contributed by atoms with Crippen molar-refractivity contribution >= 4 is 15.9 Å². The van der Waals surface area contributed by atoms with Gasteiger partial charge in [0.1, 0.15) is 12.4 Å². The van der Waals surface area contributed by atoms with Gasteiger partial charge in [0.25, 0.3) is 0 Å². The Morgan fingerprint density at radius 1 is 1.12 bits per heavy atom. The van der Waals surface area contributed by atoms with Crippen molar-refractivity contribution in [3.8, 4) is 5.75 Å². The van der Waals surface area contributed by atoms with Crippen LogP contribution in [0, 0.1) is 12.8 Å². The molecule has 0 aromatic heterocycles. The first kappa shape index (κ1) is 18.0. The fourth-order valence-electron chi connectivity index (χ4n) is 4.11. The molecule has 1 unspecified atom stereocenters. The molecule has 3 fully saturated rings. The Morgan fingerprint density at radius 3 is 2.58 bits per heavy atom. The van der Waals surface area contributed by atoms with E-state index in [0.717, 1.165) is 22.7 Å². The van der Waals surface area contributed by atoms with E-state index in [4.69, 9.17) is 4.74 Å². The molecule has 2 aromatic rings. The summed E-state index contributed by atoms with van der Waals surface area (Å²) in [6.45, 7) is 7.33. The number of halogens is 1. The molecular weight excluding hydrogens is 388 g/mol. The summed E-state index contributed by atoms with van der Waals surface area (Å²) in [5.74, 6) is 1.81. The topological polar surface area (TPSA) is 24.5 Å². The quantitative estimate of drug-likeness (QED) is 0.751. The number of rotatable bonds is 6. The second-order valence-corrected chi connectivity index (χ2v) is 8.57. The zero-order valence-corrected chi connectivity index (χ0v) is 17.0. The van der Waals surface area contributed by atoms with Gasteiger partial charge in [-0.1, -0.05) is 45.8 Å². The van der Waals surface area contributed by atoms with Gasteiger partial charge in [-0.2, -0.15) is 0 Å². The fraction of sp³-hybridized carbons (Fsp3) is 0.455. The zero-order chi connectivity index (χ0) is 17.9. The number of fused-ring (bicyclic) bond motifs is 3. The highest BCUT2D eigenvalue weighted by Crippen LogP contribution is 2.29. The minimum atomic E-state index is 0.606. The summed E-state index contributed by atoms with van der Waals surface area (Å²) in [6, 6.07) is 15.5. The van der Waals surface area contributed by atoms with E-state index in [1.807, 2.05) is 0 Å². The molecule has 2 aromatic carbocycles. The van der Waals surface area contributed by atoms with Crippen LogP contribution in [-0.2, 0) is 13.2 Å². The molecule has 3 aliphatic rings. The molecule has 0 radical (unpaired) electrons. The van der Waals surface area contributed by atoms with E-state index in [-0.39, 0.29) is 0 Å². The summed E-state index contributed by atoms with van der Waals surface area (Å²) in [5, 5.41) is 3.80. The predicted molar refractivity (Wildman–Crippen MR) is 109 cm³/mol. The van der Waals surface area contributed by atoms with Crippen molar-refractivity contribution < 1.29 is 4.74 Å². The van der Waals surface area contributed by atoms with Gasteiger partial charge in [0, 0.05) is 29.2 Å². The van der Waals surface area contributed by atoms with E-state index in [9.17, 15) is 0 Å². The Labute approximate surface area is 164 Å². The summed E-state index contributed by atoms with van der Waals surface area (Å²) in [6.07, 6.45) is 2.68. The van der Waals surface area contributed by atoms with Gasteiger partial charge in [-0.05, 0) is 62.5 Å². The highest BCUT2D eigenvalue weighted by molar-refractivity contribution is 9.10. The van der Waals surface area contributed by atoms with Gasteiger partial charge in [0.2, 0.25) is 0 Å². The fourth-order valence-corrected chi connectivity index (χ4v) is 4.52. The Kier molecular flexibility index (Phi) is 5.63. The van der Waals surface area contributed by atoms with Crippen LogP contribution in [0.3, 0.4) is 0 Å². The van der Waals surface area contributed by atoms with Crippen LogP contribution in [0.1, 0.15) is 29.5 Å². The summed E-state index contributed by atoms with van der Waals surface area (Å²) >= 11 is 3.61. The van der Waals surface area contributed by atoms with Crippen LogP contribution >= 0.6 is 15.9 Å². The molecule has 0 aliphatic carbocycles. The van der Waals surface area contributed by atoms with Crippen LogP contribution in [0.4, 0.5) is 0 Å². The minimum absolute atomic E-state index is 0.606. The monoisotopic (exact) mass is 414 g/mol. The second-order valence-electron chi connectivity index (χ2n) is 7.65. The zero-order valence-electron chi connectivity index (χ0n) is 15.4. The van der Waals surface area contributed by atoms with Gasteiger partial charge in [-0.15, -0.1) is 0 Å². The third-order valence-corrected chi connectivity index (χ3v) is 6.24. The van der Waals surface area contributed by atoms with E-state index >= 15 is 0 Å². The molecule has 1 N–H and O–H groups in total. The van der Waals surface area contributed by atoms with E-state index < -0.39 is 0 Å². The van der Waals surface area contributed by atoms with Crippen molar-refractivity contribution in [3.63, 3.8) is 0 Å². The second kappa shape index (κ2) is 8.12. The molecule has 0 saturated carbocycles. The van der Waals surface area contributed by atoms with Gasteiger partial charge in [-0.25, -0.2) is 0 Å². The van der Waals surface area contributed by atoms with Gasteiger partial charge in [0.05, 0.1) is 0 Å². The summed E-state index contributed by atoms with van der Waals surface area (Å²) in [5.41, 5.74) is 3.71. The maximum absolute atomic E-state index is 6.15. The van der Waals surface area contributed by atoms with Gasteiger partial charge >= 0.3 is 0 Å². The lowest BCUT2D eigenvalue weighted by Gasteiger charge is -2.45. The van der Waals surface area contributed by atoms with Crippen molar-refractivity contribution in [2.45, 2.75) is 39.0 Å². The number of piperidine rings is 3. The van der Waals surface area contributed by atoms with Crippen molar-refractivity contribution in [1.29, 1.82) is 0 Å². The molecule has 0 spiro atoms. The molecule has 4 heteroatoms. The number of aryl methyl sites for hydroxylation is 1. The number of ether oxygens (including phenoxy) is 1. The lowest BCUT2D eigenvalue weighted by molar-refractivity contribution is 0.0718. The maximum Gasteiger partial charge on any atom is 0.124 e.